The Kier molecular flexibility index (Phi) is 2.35. The van der Waals surface area contributed by atoms with Gasteiger partial charge in [0.25, 0.3) is 0 Å². The first-order chi connectivity index (χ1) is 5.11. The summed E-state index contributed by atoms with van der Waals surface area (Å²) in [6.07, 6.45) is -0.477. The van der Waals surface area contributed by atoms with Crippen molar-refractivity contribution in [2.24, 2.45) is 0 Å². The van der Waals surface area contributed by atoms with E-state index in [2.05, 4.69) is 0 Å². The summed E-state index contributed by atoms with van der Waals surface area (Å²) in [5.74, 6) is 0. The van der Waals surface area contributed by atoms with Crippen LogP contribution in [0.1, 0.15) is 24.2 Å². The summed E-state index contributed by atoms with van der Waals surface area (Å²) >= 11 is 0. The molecule has 0 aliphatic heterocycles. The predicted molar refractivity (Wildman–Crippen MR) is 47.2 cm³/mol. The van der Waals surface area contributed by atoms with Crippen LogP contribution in [0.5, 0.6) is 0 Å². The van der Waals surface area contributed by atoms with Gasteiger partial charge in [0.15, 0.2) is 0 Å². The average Bonchev–Trinajstić information content (AvgIpc) is 1.94. The summed E-state index contributed by atoms with van der Waals surface area (Å²) < 4.78 is 0. The maximum atomic E-state index is 9.25. The van der Waals surface area contributed by atoms with Crippen LogP contribution < -0.4 is 5.46 Å². The lowest BCUT2D eigenvalue weighted by Gasteiger charge is -2.09. The fourth-order valence-corrected chi connectivity index (χ4v) is 1.06. The summed E-state index contributed by atoms with van der Waals surface area (Å²) in [6.45, 7) is 3.69. The Hall–Kier alpha value is -0.755. The van der Waals surface area contributed by atoms with Crippen molar-refractivity contribution in [2.75, 3.05) is 0 Å². The Bertz CT molecular complexity index is 256. The highest BCUT2D eigenvalue weighted by atomic mass is 16.3. The molecule has 0 aliphatic carbocycles. The van der Waals surface area contributed by atoms with Crippen LogP contribution in [0.2, 0.25) is 0 Å². The van der Waals surface area contributed by atoms with E-state index in [1.54, 1.807) is 6.92 Å². The van der Waals surface area contributed by atoms with Gasteiger partial charge in [-0.3, -0.25) is 0 Å². The molecule has 2 radical (unpaired) electrons. The van der Waals surface area contributed by atoms with Crippen LogP contribution in [0.3, 0.4) is 0 Å². The largest absolute Gasteiger partial charge is 0.389 e. The second-order valence-electron chi connectivity index (χ2n) is 2.81. The van der Waals surface area contributed by atoms with Crippen LogP contribution in [0.15, 0.2) is 18.2 Å². The van der Waals surface area contributed by atoms with E-state index in [1.807, 2.05) is 25.1 Å². The molecule has 0 amide bonds. The van der Waals surface area contributed by atoms with Crippen molar-refractivity contribution in [3.8, 4) is 0 Å². The fraction of sp³-hybridized carbons (Fsp3) is 0.333. The molecule has 1 aromatic rings. The van der Waals surface area contributed by atoms with E-state index in [0.717, 1.165) is 11.1 Å². The summed E-state index contributed by atoms with van der Waals surface area (Å²) in [6, 6.07) is 5.65. The lowest BCUT2D eigenvalue weighted by Crippen LogP contribution is -2.12. The third kappa shape index (κ3) is 1.84. The number of aliphatic hydroxyl groups excluding tert-OH is 1. The Balaban J connectivity index is 3.13. The zero-order valence-corrected chi connectivity index (χ0v) is 6.83. The Morgan fingerprint density at radius 2 is 2.09 bits per heavy atom. The van der Waals surface area contributed by atoms with Gasteiger partial charge in [0.05, 0.1) is 6.10 Å². The van der Waals surface area contributed by atoms with E-state index >= 15 is 0 Å². The summed E-state index contributed by atoms with van der Waals surface area (Å²) in [4.78, 5) is 0. The Morgan fingerprint density at radius 3 is 2.55 bits per heavy atom. The van der Waals surface area contributed by atoms with Crippen molar-refractivity contribution >= 4 is 13.3 Å². The molecule has 0 unspecified atom stereocenters. The maximum absolute atomic E-state index is 9.25. The molecule has 1 rings (SSSR count). The molecule has 11 heavy (non-hydrogen) atoms. The molecule has 0 aliphatic rings. The first-order valence-electron chi connectivity index (χ1n) is 3.65. The molecule has 1 N–H and O–H groups in total. The van der Waals surface area contributed by atoms with Gasteiger partial charge < -0.3 is 5.11 Å². The summed E-state index contributed by atoms with van der Waals surface area (Å²) in [5.41, 5.74) is 2.59. The fourth-order valence-electron chi connectivity index (χ4n) is 1.06. The van der Waals surface area contributed by atoms with Gasteiger partial charge in [-0.2, -0.15) is 0 Å². The molecule has 2 heteroatoms. The molecule has 0 saturated carbocycles. The molecule has 1 atom stereocenters. The van der Waals surface area contributed by atoms with Gasteiger partial charge in [-0.1, -0.05) is 29.2 Å². The third-order valence-corrected chi connectivity index (χ3v) is 1.69. The molecule has 1 nitrogen and oxygen atoms in total. The number of hydrogen-bond donors (Lipinski definition) is 1. The third-order valence-electron chi connectivity index (χ3n) is 1.69. The smallest absolute Gasteiger partial charge is 0.114 e. The molecule has 0 spiro atoms. The van der Waals surface area contributed by atoms with Crippen molar-refractivity contribution in [2.45, 2.75) is 20.0 Å². The average molecular weight is 146 g/mol. The quantitative estimate of drug-likeness (QED) is 0.582. The van der Waals surface area contributed by atoms with Crippen molar-refractivity contribution in [1.82, 2.24) is 0 Å². The highest BCUT2D eigenvalue weighted by Crippen LogP contribution is 2.09. The van der Waals surface area contributed by atoms with E-state index in [1.165, 1.54) is 0 Å². The zero-order valence-electron chi connectivity index (χ0n) is 6.83. The van der Waals surface area contributed by atoms with Crippen LogP contribution in [0.25, 0.3) is 0 Å². The van der Waals surface area contributed by atoms with E-state index in [-0.39, 0.29) is 0 Å². The summed E-state index contributed by atoms with van der Waals surface area (Å²) in [5, 5.41) is 9.25. The van der Waals surface area contributed by atoms with Gasteiger partial charge >= 0.3 is 0 Å². The van der Waals surface area contributed by atoms with E-state index in [9.17, 15) is 5.11 Å². The normalized spacial score (nSPS) is 13.0. The summed E-state index contributed by atoms with van der Waals surface area (Å²) in [7, 11) is 5.63. The van der Waals surface area contributed by atoms with Crippen LogP contribution in [0.4, 0.5) is 0 Å². The predicted octanol–water partition coefficient (Wildman–Crippen LogP) is 0.842. The lowest BCUT2D eigenvalue weighted by atomic mass is 9.87. The van der Waals surface area contributed by atoms with Gasteiger partial charge in [0, 0.05) is 0 Å². The Labute approximate surface area is 68.5 Å². The number of rotatable bonds is 1. The SMILES string of the molecule is [B]c1ccc(C)cc1[C@@H](C)O. The first kappa shape index (κ1) is 8.34. The molecule has 0 fully saturated rings. The van der Waals surface area contributed by atoms with Crippen molar-refractivity contribution in [3.63, 3.8) is 0 Å². The number of benzene rings is 1. The molecular weight excluding hydrogens is 135 g/mol. The van der Waals surface area contributed by atoms with Gasteiger partial charge in [-0.15, -0.1) is 0 Å². The minimum atomic E-state index is -0.477. The van der Waals surface area contributed by atoms with Gasteiger partial charge in [0.1, 0.15) is 7.85 Å². The number of hydrogen-bond acceptors (Lipinski definition) is 1. The maximum Gasteiger partial charge on any atom is 0.114 e. The molecule has 56 valence electrons. The van der Waals surface area contributed by atoms with E-state index in [0.29, 0.717) is 5.46 Å². The minimum absolute atomic E-state index is 0.477. The zero-order chi connectivity index (χ0) is 8.43. The van der Waals surface area contributed by atoms with Crippen molar-refractivity contribution < 1.29 is 5.11 Å². The molecular formula is C9H11BO. The van der Waals surface area contributed by atoms with Crippen LogP contribution >= 0.6 is 0 Å². The molecule has 0 saturated heterocycles. The highest BCUT2D eigenvalue weighted by Gasteiger charge is 2.02. The van der Waals surface area contributed by atoms with Crippen molar-refractivity contribution in [3.05, 3.63) is 29.3 Å². The van der Waals surface area contributed by atoms with Crippen LogP contribution in [0, 0.1) is 6.92 Å². The second kappa shape index (κ2) is 3.10. The van der Waals surface area contributed by atoms with Crippen LogP contribution in [-0.2, 0) is 0 Å². The Morgan fingerprint density at radius 1 is 1.45 bits per heavy atom. The van der Waals surface area contributed by atoms with E-state index in [4.69, 9.17) is 7.85 Å². The topological polar surface area (TPSA) is 20.2 Å². The van der Waals surface area contributed by atoms with Gasteiger partial charge in [-0.05, 0) is 19.4 Å². The second-order valence-corrected chi connectivity index (χ2v) is 2.81. The highest BCUT2D eigenvalue weighted by molar-refractivity contribution is 6.33. The molecule has 0 bridgehead atoms. The number of aliphatic hydroxyl groups is 1. The molecule has 0 aromatic heterocycles. The monoisotopic (exact) mass is 146 g/mol. The standard InChI is InChI=1S/C9H11BO/c1-6-3-4-9(10)8(5-6)7(2)11/h3-5,7,11H,1-2H3/t7-/m1/s1. The molecule has 0 heterocycles. The van der Waals surface area contributed by atoms with Crippen molar-refractivity contribution in [1.29, 1.82) is 0 Å². The van der Waals surface area contributed by atoms with Gasteiger partial charge in [-0.25, -0.2) is 0 Å². The van der Waals surface area contributed by atoms with Gasteiger partial charge in [0.2, 0.25) is 0 Å². The van der Waals surface area contributed by atoms with Crippen LogP contribution in [-0.4, -0.2) is 13.0 Å². The molecule has 1 aromatic carbocycles. The minimum Gasteiger partial charge on any atom is -0.389 e. The first-order valence-corrected chi connectivity index (χ1v) is 3.65. The van der Waals surface area contributed by atoms with E-state index < -0.39 is 6.10 Å². The lowest BCUT2D eigenvalue weighted by molar-refractivity contribution is 0.200. The number of aryl methyl sites for hydroxylation is 1.